The van der Waals surface area contributed by atoms with Crippen LogP contribution in [0.3, 0.4) is 0 Å². The van der Waals surface area contributed by atoms with Gasteiger partial charge in [0.1, 0.15) is 0 Å². The first-order valence-electron chi connectivity index (χ1n) is 11.8. The third-order valence-corrected chi connectivity index (χ3v) is 6.00. The summed E-state index contributed by atoms with van der Waals surface area (Å²) >= 11 is 1.49. The average Bonchev–Trinajstić information content (AvgIpc) is 2.79. The van der Waals surface area contributed by atoms with Crippen molar-refractivity contribution < 1.29 is 39.9 Å². The number of aliphatic hydroxyl groups excluding tert-OH is 4. The SMILES string of the molecule is CCCCCCCCCCCCOC(=O)CCSCCC(=O)O.OCC(CO)(CO)CO. The molecule has 8 nitrogen and oxygen atoms in total. The van der Waals surface area contributed by atoms with Gasteiger partial charge in [-0.3, -0.25) is 9.59 Å². The number of aliphatic hydroxyl groups is 4. The fourth-order valence-electron chi connectivity index (χ4n) is 2.56. The topological polar surface area (TPSA) is 145 Å². The van der Waals surface area contributed by atoms with E-state index in [0.717, 1.165) is 12.8 Å². The number of esters is 1. The first-order valence-corrected chi connectivity index (χ1v) is 13.0. The van der Waals surface area contributed by atoms with Crippen LogP contribution in [-0.2, 0) is 14.3 Å². The number of aliphatic carboxylic acids is 1. The third kappa shape index (κ3) is 22.3. The highest BCUT2D eigenvalue weighted by Gasteiger charge is 2.26. The van der Waals surface area contributed by atoms with Gasteiger partial charge >= 0.3 is 11.9 Å². The number of carbonyl (C=O) groups is 2. The Morgan fingerprint density at radius 3 is 1.56 bits per heavy atom. The lowest BCUT2D eigenvalue weighted by Crippen LogP contribution is -2.37. The molecule has 5 N–H and O–H groups in total. The standard InChI is InChI=1S/C18H34O4S.C5H12O4/c1-2-3-4-5-6-7-8-9-10-11-14-22-18(21)13-16-23-15-12-17(19)20;6-1-5(2-7,3-8)4-9/h2-16H2,1H3,(H,19,20);6-9H,1-4H2. The van der Waals surface area contributed by atoms with E-state index in [1.807, 2.05) is 0 Å². The molecule has 0 saturated heterocycles. The zero-order chi connectivity index (χ0) is 24.5. The summed E-state index contributed by atoms with van der Waals surface area (Å²) in [5.41, 5.74) is -1.11. The Kier molecular flexibility index (Phi) is 25.8. The molecule has 0 aliphatic rings. The maximum atomic E-state index is 11.4. The molecule has 0 radical (unpaired) electrons. The molecule has 0 unspecified atom stereocenters. The van der Waals surface area contributed by atoms with Crippen molar-refractivity contribution in [2.75, 3.05) is 44.5 Å². The van der Waals surface area contributed by atoms with Gasteiger partial charge in [0.05, 0.1) is 51.3 Å². The van der Waals surface area contributed by atoms with E-state index in [4.69, 9.17) is 30.3 Å². The molecule has 0 aromatic heterocycles. The molecule has 0 aliphatic carbocycles. The van der Waals surface area contributed by atoms with Gasteiger partial charge in [-0.1, -0.05) is 64.7 Å². The van der Waals surface area contributed by atoms with Gasteiger partial charge in [-0.25, -0.2) is 0 Å². The largest absolute Gasteiger partial charge is 0.481 e. The summed E-state index contributed by atoms with van der Waals surface area (Å²) in [5, 5.41) is 42.5. The van der Waals surface area contributed by atoms with Crippen molar-refractivity contribution in [2.45, 2.75) is 84.0 Å². The van der Waals surface area contributed by atoms with Gasteiger partial charge in [0.25, 0.3) is 0 Å². The number of hydrogen-bond donors (Lipinski definition) is 5. The minimum atomic E-state index is -1.11. The van der Waals surface area contributed by atoms with Gasteiger partial charge in [0.2, 0.25) is 0 Å². The average molecular weight is 483 g/mol. The highest BCUT2D eigenvalue weighted by Crippen LogP contribution is 2.12. The van der Waals surface area contributed by atoms with E-state index in [0.29, 0.717) is 24.5 Å². The van der Waals surface area contributed by atoms with Gasteiger partial charge in [-0.2, -0.15) is 11.8 Å². The molecule has 0 saturated carbocycles. The van der Waals surface area contributed by atoms with Crippen LogP contribution >= 0.6 is 11.8 Å². The number of carboxylic acid groups (broad SMARTS) is 1. The summed E-state index contributed by atoms with van der Waals surface area (Å²) in [4.78, 5) is 21.8. The van der Waals surface area contributed by atoms with Crippen LogP contribution in [0.1, 0.15) is 84.0 Å². The van der Waals surface area contributed by atoms with Gasteiger partial charge in [-0.15, -0.1) is 0 Å². The molecule has 9 heteroatoms. The second kappa shape index (κ2) is 24.8. The van der Waals surface area contributed by atoms with Crippen molar-refractivity contribution in [1.29, 1.82) is 0 Å². The van der Waals surface area contributed by atoms with Crippen molar-refractivity contribution >= 4 is 23.7 Å². The first-order chi connectivity index (χ1) is 15.4. The Hall–Kier alpha value is -0.870. The smallest absolute Gasteiger partial charge is 0.306 e. The number of rotatable bonds is 21. The van der Waals surface area contributed by atoms with E-state index in [1.165, 1.54) is 63.1 Å². The number of unbranched alkanes of at least 4 members (excludes halogenated alkanes) is 9. The number of ether oxygens (including phenoxy) is 1. The molecule has 0 spiro atoms. The van der Waals surface area contributed by atoms with Crippen molar-refractivity contribution in [1.82, 2.24) is 0 Å². The van der Waals surface area contributed by atoms with Crippen LogP contribution in [0.25, 0.3) is 0 Å². The van der Waals surface area contributed by atoms with Crippen LogP contribution in [0.2, 0.25) is 0 Å². The molecule has 0 fully saturated rings. The van der Waals surface area contributed by atoms with Crippen molar-refractivity contribution in [3.63, 3.8) is 0 Å². The van der Waals surface area contributed by atoms with Crippen LogP contribution in [0.15, 0.2) is 0 Å². The Morgan fingerprint density at radius 1 is 0.719 bits per heavy atom. The minimum absolute atomic E-state index is 0.151. The molecule has 0 atom stereocenters. The lowest BCUT2D eigenvalue weighted by atomic mass is 9.93. The second-order valence-corrected chi connectivity index (χ2v) is 9.27. The third-order valence-electron chi connectivity index (χ3n) is 5.01. The zero-order valence-corrected chi connectivity index (χ0v) is 20.6. The molecule has 0 aliphatic heterocycles. The molecule has 0 bridgehead atoms. The molecule has 32 heavy (non-hydrogen) atoms. The fourth-order valence-corrected chi connectivity index (χ4v) is 3.40. The number of carbonyl (C=O) groups excluding carboxylic acids is 1. The van der Waals surface area contributed by atoms with E-state index >= 15 is 0 Å². The molecule has 192 valence electrons. The van der Waals surface area contributed by atoms with Crippen molar-refractivity contribution in [3.8, 4) is 0 Å². The summed E-state index contributed by atoms with van der Waals surface area (Å²) in [6.07, 6.45) is 13.2. The number of thioether (sulfide) groups is 1. The van der Waals surface area contributed by atoms with Gasteiger partial charge in [-0.05, 0) is 6.42 Å². The Bertz CT molecular complexity index is 413. The molecule has 0 aromatic carbocycles. The van der Waals surface area contributed by atoms with Crippen molar-refractivity contribution in [3.05, 3.63) is 0 Å². The summed E-state index contributed by atoms with van der Waals surface area (Å²) in [5.74, 6) is 0.246. The predicted octanol–water partition coefficient (Wildman–Crippen LogP) is 2.99. The summed E-state index contributed by atoms with van der Waals surface area (Å²) in [6, 6.07) is 0. The van der Waals surface area contributed by atoms with E-state index in [9.17, 15) is 9.59 Å². The van der Waals surface area contributed by atoms with Crippen LogP contribution in [0.4, 0.5) is 0 Å². The van der Waals surface area contributed by atoms with Crippen LogP contribution < -0.4 is 0 Å². The zero-order valence-electron chi connectivity index (χ0n) is 19.8. The summed E-state index contributed by atoms with van der Waals surface area (Å²) in [7, 11) is 0. The maximum absolute atomic E-state index is 11.4. The quantitative estimate of drug-likeness (QED) is 0.123. The maximum Gasteiger partial charge on any atom is 0.306 e. The molecule has 0 heterocycles. The van der Waals surface area contributed by atoms with E-state index in [2.05, 4.69) is 6.92 Å². The highest BCUT2D eigenvalue weighted by atomic mass is 32.2. The molecule has 0 aromatic rings. The highest BCUT2D eigenvalue weighted by molar-refractivity contribution is 7.99. The van der Waals surface area contributed by atoms with Gasteiger partial charge < -0.3 is 30.3 Å². The van der Waals surface area contributed by atoms with Gasteiger partial charge in [0.15, 0.2) is 0 Å². The summed E-state index contributed by atoms with van der Waals surface area (Å²) < 4.78 is 5.17. The van der Waals surface area contributed by atoms with E-state index < -0.39 is 37.8 Å². The normalized spacial score (nSPS) is 11.0. The predicted molar refractivity (Wildman–Crippen MR) is 128 cm³/mol. The number of hydrogen-bond acceptors (Lipinski definition) is 8. The van der Waals surface area contributed by atoms with Crippen LogP contribution in [0, 0.1) is 5.41 Å². The van der Waals surface area contributed by atoms with E-state index in [1.54, 1.807) is 0 Å². The molecular formula is C23H46O8S. The second-order valence-electron chi connectivity index (χ2n) is 8.04. The monoisotopic (exact) mass is 482 g/mol. The lowest BCUT2D eigenvalue weighted by molar-refractivity contribution is -0.143. The molecular weight excluding hydrogens is 436 g/mol. The lowest BCUT2D eigenvalue weighted by Gasteiger charge is -2.23. The number of carboxylic acids is 1. The Labute approximate surface area is 197 Å². The minimum Gasteiger partial charge on any atom is -0.481 e. The molecule has 0 rings (SSSR count). The molecule has 0 amide bonds. The summed E-state index contributed by atoms with van der Waals surface area (Å²) in [6.45, 7) is 1.14. The first kappa shape index (κ1) is 33.3. The van der Waals surface area contributed by atoms with Crippen molar-refractivity contribution in [2.24, 2.45) is 5.41 Å². The van der Waals surface area contributed by atoms with Crippen LogP contribution in [-0.4, -0.2) is 82.0 Å². The Morgan fingerprint density at radius 2 is 1.16 bits per heavy atom. The fraction of sp³-hybridized carbons (Fsp3) is 0.913. The van der Waals surface area contributed by atoms with Gasteiger partial charge in [0, 0.05) is 11.5 Å². The van der Waals surface area contributed by atoms with E-state index in [-0.39, 0.29) is 12.4 Å². The van der Waals surface area contributed by atoms with Crippen LogP contribution in [0.5, 0.6) is 0 Å². The Balaban J connectivity index is 0.